The Morgan fingerprint density at radius 1 is 0.487 bits per heavy atom. The minimum atomic E-state index is -4.30. The highest BCUT2D eigenvalue weighted by Crippen LogP contribution is 2.31. The molecule has 0 heterocycles. The van der Waals surface area contributed by atoms with Gasteiger partial charge in [-0.1, -0.05) is 12.1 Å². The van der Waals surface area contributed by atoms with Gasteiger partial charge in [-0.3, -0.25) is 13.7 Å². The van der Waals surface area contributed by atoms with E-state index in [2.05, 4.69) is 0 Å². The Bertz CT molecular complexity index is 1830. The lowest BCUT2D eigenvalue weighted by atomic mass is 10.1. The molecular weight excluding hydrogens is 574 g/mol. The summed E-state index contributed by atoms with van der Waals surface area (Å²) in [5.41, 5.74) is 28.6. The van der Waals surface area contributed by atoms with Crippen LogP contribution >= 0.6 is 0 Å². The molecule has 4 aromatic carbocycles. The molecule has 0 aliphatic carbocycles. The van der Waals surface area contributed by atoms with Crippen molar-refractivity contribution in [1.82, 2.24) is 0 Å². The number of rotatable bonds is 3. The zero-order valence-electron chi connectivity index (χ0n) is 19.8. The minimum absolute atomic E-state index is 0.0216. The summed E-state index contributed by atoms with van der Waals surface area (Å²) in [5.74, 6) is 0. The SMILES string of the molecule is Nc1ccc(N)c(S(=O)(=O)O)c1.Nc1ccc(N)c2c(S(=O)(=O)O)cccc12.Nc1ccc(S(=O)(=O)O)cc1. The van der Waals surface area contributed by atoms with Crippen molar-refractivity contribution >= 4 is 69.6 Å². The molecule has 0 fully saturated rings. The van der Waals surface area contributed by atoms with Gasteiger partial charge in [0.25, 0.3) is 30.4 Å². The predicted octanol–water partition coefficient (Wildman–Crippen LogP) is 1.86. The average molecular weight is 600 g/mol. The van der Waals surface area contributed by atoms with Crippen LogP contribution in [-0.4, -0.2) is 38.9 Å². The second-order valence-electron chi connectivity index (χ2n) is 7.71. The number of nitrogens with two attached hydrogens (primary N) is 5. The average Bonchev–Trinajstić information content (AvgIpc) is 2.82. The summed E-state index contributed by atoms with van der Waals surface area (Å²) in [6.07, 6.45) is 0. The normalized spacial score (nSPS) is 11.6. The van der Waals surface area contributed by atoms with Crippen LogP contribution in [0.1, 0.15) is 0 Å². The Labute approximate surface area is 224 Å². The lowest BCUT2D eigenvalue weighted by Crippen LogP contribution is -2.03. The third-order valence-electron chi connectivity index (χ3n) is 4.84. The fourth-order valence-corrected chi connectivity index (χ4v) is 4.92. The van der Waals surface area contributed by atoms with Crippen LogP contribution in [-0.2, 0) is 30.4 Å². The summed E-state index contributed by atoms with van der Waals surface area (Å²) in [4.78, 5) is -0.732. The van der Waals surface area contributed by atoms with E-state index in [1.165, 1.54) is 54.6 Å². The monoisotopic (exact) mass is 599 g/mol. The van der Waals surface area contributed by atoms with E-state index in [0.29, 0.717) is 16.8 Å². The molecule has 0 saturated carbocycles. The molecule has 210 valence electrons. The Morgan fingerprint density at radius 2 is 0.974 bits per heavy atom. The number of fused-ring (bicyclic) bond motifs is 1. The Kier molecular flexibility index (Phi) is 9.35. The predicted molar refractivity (Wildman–Crippen MR) is 148 cm³/mol. The van der Waals surface area contributed by atoms with Gasteiger partial charge >= 0.3 is 0 Å². The number of hydrogen-bond donors (Lipinski definition) is 8. The van der Waals surface area contributed by atoms with Gasteiger partial charge in [-0.2, -0.15) is 25.3 Å². The Balaban J connectivity index is 0.000000210. The molecule has 4 aromatic rings. The van der Waals surface area contributed by atoms with Crippen LogP contribution in [0.2, 0.25) is 0 Å². The third kappa shape index (κ3) is 8.43. The van der Waals surface area contributed by atoms with Crippen LogP contribution in [0, 0.1) is 0 Å². The van der Waals surface area contributed by atoms with Crippen LogP contribution in [0.4, 0.5) is 28.4 Å². The van der Waals surface area contributed by atoms with E-state index in [9.17, 15) is 25.3 Å². The molecule has 39 heavy (non-hydrogen) atoms. The van der Waals surface area contributed by atoms with Crippen LogP contribution in [0.3, 0.4) is 0 Å². The van der Waals surface area contributed by atoms with Gasteiger partial charge in [0.05, 0.1) is 10.6 Å². The minimum Gasteiger partial charge on any atom is -0.399 e. The zero-order valence-corrected chi connectivity index (χ0v) is 22.3. The van der Waals surface area contributed by atoms with Gasteiger partial charge in [0.15, 0.2) is 0 Å². The van der Waals surface area contributed by atoms with Gasteiger partial charge in [-0.25, -0.2) is 0 Å². The Hall–Kier alpha value is -4.13. The topological polar surface area (TPSA) is 293 Å². The molecule has 17 heteroatoms. The number of hydrogen-bond acceptors (Lipinski definition) is 11. The van der Waals surface area contributed by atoms with Crippen LogP contribution < -0.4 is 28.7 Å². The fourth-order valence-electron chi connectivity index (χ4n) is 3.05. The molecule has 0 spiro atoms. The first kappa shape index (κ1) is 31.1. The number of nitrogen functional groups attached to an aromatic ring is 5. The molecule has 0 bridgehead atoms. The molecule has 0 saturated heterocycles. The maximum absolute atomic E-state index is 11.2. The molecule has 0 aromatic heterocycles. The van der Waals surface area contributed by atoms with E-state index in [4.69, 9.17) is 42.3 Å². The molecule has 13 N–H and O–H groups in total. The van der Waals surface area contributed by atoms with Crippen molar-refractivity contribution in [2.24, 2.45) is 0 Å². The van der Waals surface area contributed by atoms with Crippen LogP contribution in [0.5, 0.6) is 0 Å². The summed E-state index contributed by atoms with van der Waals surface area (Å²) in [6, 6.07) is 16.7. The van der Waals surface area contributed by atoms with Crippen molar-refractivity contribution < 1.29 is 38.9 Å². The fraction of sp³-hybridized carbons (Fsp3) is 0. The molecule has 0 atom stereocenters. The maximum atomic E-state index is 11.2. The summed E-state index contributed by atoms with van der Waals surface area (Å²) in [5, 5.41) is 0.764. The zero-order chi connectivity index (χ0) is 29.8. The molecule has 0 aliphatic heterocycles. The Morgan fingerprint density at radius 3 is 1.46 bits per heavy atom. The van der Waals surface area contributed by atoms with Gasteiger partial charge in [0.1, 0.15) is 9.79 Å². The lowest BCUT2D eigenvalue weighted by molar-refractivity contribution is 0.481. The molecule has 0 radical (unpaired) electrons. The molecular formula is C22H25N5O9S3. The molecule has 0 unspecified atom stereocenters. The van der Waals surface area contributed by atoms with Crippen molar-refractivity contribution in [3.8, 4) is 0 Å². The number of anilines is 5. The van der Waals surface area contributed by atoms with Gasteiger partial charge in [-0.15, -0.1) is 0 Å². The van der Waals surface area contributed by atoms with Crippen LogP contribution in [0.25, 0.3) is 10.8 Å². The van der Waals surface area contributed by atoms with Crippen molar-refractivity contribution in [3.05, 3.63) is 72.8 Å². The maximum Gasteiger partial charge on any atom is 0.296 e. The summed E-state index contributed by atoms with van der Waals surface area (Å²) < 4.78 is 90.7. The molecule has 0 amide bonds. The standard InChI is InChI=1S/C10H10N2O3S.C6H8N2O3S.C6H7NO3S/c11-7-4-5-8(12)10-6(7)2-1-3-9(10)16(13,14)15;7-4-1-2-5(8)6(3-4)12(9,10)11;7-5-1-3-6(4-2-5)11(8,9)10/h1-5H,11-12H2,(H,13,14,15);1-3H,7-8H2,(H,9,10,11);1-4H,7H2,(H,8,9,10). The van der Waals surface area contributed by atoms with Gasteiger partial charge in [0, 0.05) is 33.5 Å². The largest absolute Gasteiger partial charge is 0.399 e. The van der Waals surface area contributed by atoms with E-state index in [1.807, 2.05) is 0 Å². The van der Waals surface area contributed by atoms with Gasteiger partial charge < -0.3 is 28.7 Å². The smallest absolute Gasteiger partial charge is 0.296 e. The highest BCUT2D eigenvalue weighted by Gasteiger charge is 2.16. The van der Waals surface area contributed by atoms with Crippen molar-refractivity contribution in [2.75, 3.05) is 28.7 Å². The van der Waals surface area contributed by atoms with Gasteiger partial charge in [-0.05, 0) is 60.7 Å². The van der Waals surface area contributed by atoms with Crippen molar-refractivity contribution in [1.29, 1.82) is 0 Å². The highest BCUT2D eigenvalue weighted by molar-refractivity contribution is 7.86. The quantitative estimate of drug-likeness (QED) is 0.123. The lowest BCUT2D eigenvalue weighted by Gasteiger charge is -2.08. The van der Waals surface area contributed by atoms with Crippen LogP contribution in [0.15, 0.2) is 87.5 Å². The first-order chi connectivity index (χ1) is 17.8. The highest BCUT2D eigenvalue weighted by atomic mass is 32.2. The second kappa shape index (κ2) is 11.7. The summed E-state index contributed by atoms with van der Waals surface area (Å²) in [7, 11) is -12.6. The summed E-state index contributed by atoms with van der Waals surface area (Å²) >= 11 is 0. The molecule has 14 nitrogen and oxygen atoms in total. The first-order valence-corrected chi connectivity index (χ1v) is 14.6. The van der Waals surface area contributed by atoms with Gasteiger partial charge in [0.2, 0.25) is 0 Å². The first-order valence-electron chi connectivity index (χ1n) is 10.3. The van der Waals surface area contributed by atoms with E-state index >= 15 is 0 Å². The molecule has 0 aliphatic rings. The van der Waals surface area contributed by atoms with Crippen molar-refractivity contribution in [2.45, 2.75) is 14.7 Å². The second-order valence-corrected chi connectivity index (χ2v) is 11.9. The number of benzene rings is 4. The van der Waals surface area contributed by atoms with E-state index < -0.39 is 30.4 Å². The van der Waals surface area contributed by atoms with Crippen molar-refractivity contribution in [3.63, 3.8) is 0 Å². The summed E-state index contributed by atoms with van der Waals surface area (Å²) in [6.45, 7) is 0. The molecule has 4 rings (SSSR count). The van der Waals surface area contributed by atoms with E-state index in [1.54, 1.807) is 12.1 Å². The van der Waals surface area contributed by atoms with E-state index in [-0.39, 0.29) is 37.1 Å². The van der Waals surface area contributed by atoms with E-state index in [0.717, 1.165) is 6.07 Å². The third-order valence-corrected chi connectivity index (χ3v) is 7.51.